The minimum Gasteiger partial charge on any atom is -0.774 e. The van der Waals surface area contributed by atoms with E-state index in [0.717, 1.165) is 6.92 Å². The van der Waals surface area contributed by atoms with Gasteiger partial charge in [0.2, 0.25) is 5.91 Å². The Morgan fingerprint density at radius 1 is 1.50 bits per heavy atom. The molecule has 8 heteroatoms. The van der Waals surface area contributed by atoms with Crippen molar-refractivity contribution in [3.05, 3.63) is 0 Å². The smallest absolute Gasteiger partial charge is 0.242 e. The fraction of sp³-hybridized carbons (Fsp3) is 0.875. The van der Waals surface area contributed by atoms with Crippen LogP contribution in [0.25, 0.3) is 0 Å². The Labute approximate surface area is 95.0 Å². The minimum atomic E-state index is -4.51. The molecule has 96 valence electrons. The standard InChI is InChI=1S/C8H19N2O5P/c1-7(11)9(12)6-5-8(10(2,3)4)16(13,14)15/h8,12H,5-6H2,1-4H3,(H-,13,14,15). The number of hydrogen-bond acceptors (Lipinski definition) is 4. The van der Waals surface area contributed by atoms with Crippen LogP contribution in [-0.2, 0) is 9.36 Å². The van der Waals surface area contributed by atoms with Crippen molar-refractivity contribution in [3.8, 4) is 0 Å². The van der Waals surface area contributed by atoms with E-state index in [1.54, 1.807) is 21.1 Å². The summed E-state index contributed by atoms with van der Waals surface area (Å²) >= 11 is 0. The summed E-state index contributed by atoms with van der Waals surface area (Å²) < 4.78 is 11.1. The third kappa shape index (κ3) is 5.05. The number of rotatable bonds is 5. The highest BCUT2D eigenvalue weighted by molar-refractivity contribution is 7.50. The topological polar surface area (TPSA) is 101 Å². The highest BCUT2D eigenvalue weighted by Gasteiger charge is 2.33. The molecule has 2 unspecified atom stereocenters. The first-order valence-corrected chi connectivity index (χ1v) is 6.42. The predicted molar refractivity (Wildman–Crippen MR) is 55.4 cm³/mol. The second kappa shape index (κ2) is 5.25. The zero-order valence-electron chi connectivity index (χ0n) is 9.95. The van der Waals surface area contributed by atoms with Crippen LogP contribution in [-0.4, -0.2) is 59.0 Å². The van der Waals surface area contributed by atoms with Gasteiger partial charge in [0.15, 0.2) is 13.4 Å². The van der Waals surface area contributed by atoms with Crippen LogP contribution in [0, 0.1) is 0 Å². The van der Waals surface area contributed by atoms with Gasteiger partial charge >= 0.3 is 0 Å². The first-order valence-electron chi connectivity index (χ1n) is 4.78. The molecule has 0 spiro atoms. The summed E-state index contributed by atoms with van der Waals surface area (Å²) in [5, 5.41) is 9.54. The average Bonchev–Trinajstić information content (AvgIpc) is 1.98. The van der Waals surface area contributed by atoms with Crippen LogP contribution >= 0.6 is 7.60 Å². The molecule has 0 saturated carbocycles. The Morgan fingerprint density at radius 3 is 2.19 bits per heavy atom. The summed E-state index contributed by atoms with van der Waals surface area (Å²) in [6.07, 6.45) is -0.0309. The van der Waals surface area contributed by atoms with E-state index in [0.29, 0.717) is 5.06 Å². The predicted octanol–water partition coefficient (Wildman–Crippen LogP) is -0.808. The fourth-order valence-electron chi connectivity index (χ4n) is 1.38. The van der Waals surface area contributed by atoms with E-state index in [9.17, 15) is 14.3 Å². The number of hydroxylamine groups is 2. The SMILES string of the molecule is CC(=O)N(O)CCC([N+](C)(C)C)P(=O)([O-])O. The number of nitrogens with zero attached hydrogens (tertiary/aromatic N) is 2. The Morgan fingerprint density at radius 2 is 1.94 bits per heavy atom. The van der Waals surface area contributed by atoms with E-state index in [4.69, 9.17) is 10.1 Å². The number of carbonyl (C=O) groups is 1. The number of carbonyl (C=O) groups excluding carboxylic acids is 1. The van der Waals surface area contributed by atoms with Crippen molar-refractivity contribution >= 4 is 13.5 Å². The van der Waals surface area contributed by atoms with Crippen molar-refractivity contribution in [1.29, 1.82) is 0 Å². The summed E-state index contributed by atoms with van der Waals surface area (Å²) in [7, 11) is 0.325. The van der Waals surface area contributed by atoms with E-state index in [1.165, 1.54) is 0 Å². The number of amides is 1. The van der Waals surface area contributed by atoms with Gasteiger partial charge in [-0.25, -0.2) is 5.06 Å². The largest absolute Gasteiger partial charge is 0.774 e. The molecule has 0 aromatic rings. The number of hydrogen-bond donors (Lipinski definition) is 2. The van der Waals surface area contributed by atoms with Crippen LogP contribution in [0.15, 0.2) is 0 Å². The van der Waals surface area contributed by atoms with Gasteiger partial charge < -0.3 is 18.8 Å². The van der Waals surface area contributed by atoms with E-state index >= 15 is 0 Å². The molecule has 0 rings (SSSR count). The molecule has 0 saturated heterocycles. The van der Waals surface area contributed by atoms with Crippen molar-refractivity contribution in [3.63, 3.8) is 0 Å². The number of quaternary nitrogens is 1. The zero-order valence-corrected chi connectivity index (χ0v) is 10.8. The van der Waals surface area contributed by atoms with E-state index in [1.807, 2.05) is 0 Å². The van der Waals surface area contributed by atoms with Gasteiger partial charge in [-0.1, -0.05) is 0 Å². The molecule has 0 aliphatic carbocycles. The molecule has 2 atom stereocenters. The summed E-state index contributed by atoms with van der Waals surface area (Å²) in [6.45, 7) is 1.03. The maximum absolute atomic E-state index is 11.1. The van der Waals surface area contributed by atoms with Crippen LogP contribution < -0.4 is 4.89 Å². The molecule has 0 heterocycles. The van der Waals surface area contributed by atoms with E-state index in [-0.39, 0.29) is 17.4 Å². The fourth-order valence-corrected chi connectivity index (χ4v) is 2.70. The maximum atomic E-state index is 11.1. The second-order valence-electron chi connectivity index (χ2n) is 4.59. The van der Waals surface area contributed by atoms with Gasteiger partial charge in [-0.2, -0.15) is 0 Å². The van der Waals surface area contributed by atoms with Gasteiger partial charge in [-0.15, -0.1) is 0 Å². The monoisotopic (exact) mass is 254 g/mol. The Kier molecular flexibility index (Phi) is 5.10. The molecule has 0 aliphatic rings. The van der Waals surface area contributed by atoms with Gasteiger partial charge in [0.25, 0.3) is 0 Å². The maximum Gasteiger partial charge on any atom is 0.242 e. The van der Waals surface area contributed by atoms with Crippen molar-refractivity contribution in [2.45, 2.75) is 19.1 Å². The third-order valence-corrected chi connectivity index (χ3v) is 3.94. The molecule has 2 N–H and O–H groups in total. The molecule has 0 aliphatic heterocycles. The summed E-state index contributed by atoms with van der Waals surface area (Å²) in [6, 6.07) is 0. The quantitative estimate of drug-likeness (QED) is 0.289. The highest BCUT2D eigenvalue weighted by atomic mass is 31.2. The summed E-state index contributed by atoms with van der Waals surface area (Å²) in [5.74, 6) is -1.62. The van der Waals surface area contributed by atoms with Gasteiger partial charge in [0.1, 0.15) is 0 Å². The van der Waals surface area contributed by atoms with Crippen LogP contribution in [0.3, 0.4) is 0 Å². The van der Waals surface area contributed by atoms with Crippen LogP contribution in [0.5, 0.6) is 0 Å². The zero-order chi connectivity index (χ0) is 13.1. The van der Waals surface area contributed by atoms with Gasteiger partial charge in [0, 0.05) is 13.3 Å². The van der Waals surface area contributed by atoms with E-state index < -0.39 is 19.3 Å². The first-order chi connectivity index (χ1) is 6.96. The van der Waals surface area contributed by atoms with Crippen LogP contribution in [0.4, 0.5) is 0 Å². The molecular weight excluding hydrogens is 235 g/mol. The van der Waals surface area contributed by atoms with Crippen molar-refractivity contribution in [1.82, 2.24) is 5.06 Å². The third-order valence-electron chi connectivity index (χ3n) is 2.23. The first kappa shape index (κ1) is 15.5. The van der Waals surface area contributed by atoms with Crippen molar-refractivity contribution in [2.24, 2.45) is 0 Å². The molecule has 0 aromatic carbocycles. The summed E-state index contributed by atoms with van der Waals surface area (Å²) in [4.78, 5) is 30.9. The van der Waals surface area contributed by atoms with Crippen molar-refractivity contribution < 1.29 is 28.8 Å². The molecule has 0 bridgehead atoms. The van der Waals surface area contributed by atoms with Crippen molar-refractivity contribution in [2.75, 3.05) is 27.7 Å². The second-order valence-corrected chi connectivity index (χ2v) is 6.32. The lowest BCUT2D eigenvalue weighted by Gasteiger charge is -2.39. The van der Waals surface area contributed by atoms with Crippen LogP contribution in [0.2, 0.25) is 0 Å². The van der Waals surface area contributed by atoms with Gasteiger partial charge in [-0.3, -0.25) is 10.0 Å². The minimum absolute atomic E-state index is 0.00300. The molecule has 7 nitrogen and oxygen atoms in total. The molecular formula is C8H19N2O5P. The van der Waals surface area contributed by atoms with Gasteiger partial charge in [-0.05, 0) is 0 Å². The lowest BCUT2D eigenvalue weighted by Crippen LogP contribution is -2.48. The normalized spacial score (nSPS) is 17.7. The lowest BCUT2D eigenvalue weighted by atomic mass is 10.3. The molecule has 0 radical (unpaired) electrons. The molecule has 16 heavy (non-hydrogen) atoms. The van der Waals surface area contributed by atoms with Gasteiger partial charge in [0.05, 0.1) is 27.7 Å². The molecule has 1 amide bonds. The average molecular weight is 254 g/mol. The Balaban J connectivity index is 4.61. The lowest BCUT2D eigenvalue weighted by molar-refractivity contribution is -0.884. The Bertz CT molecular complexity index is 295. The van der Waals surface area contributed by atoms with E-state index in [2.05, 4.69) is 0 Å². The Hall–Kier alpha value is -0.460. The molecule has 0 fully saturated rings. The van der Waals surface area contributed by atoms with Crippen LogP contribution in [0.1, 0.15) is 13.3 Å². The summed E-state index contributed by atoms with van der Waals surface area (Å²) in [5.41, 5.74) is 0. The highest BCUT2D eigenvalue weighted by Crippen LogP contribution is 2.41. The molecule has 0 aromatic heterocycles.